The highest BCUT2D eigenvalue weighted by atomic mass is 32.2. The van der Waals surface area contributed by atoms with E-state index >= 15 is 0 Å². The van der Waals surface area contributed by atoms with Crippen molar-refractivity contribution in [3.63, 3.8) is 0 Å². The summed E-state index contributed by atoms with van der Waals surface area (Å²) in [5.74, 6) is 0. The van der Waals surface area contributed by atoms with Gasteiger partial charge in [0, 0.05) is 12.2 Å². The van der Waals surface area contributed by atoms with E-state index in [0.717, 1.165) is 18.4 Å². The van der Waals surface area contributed by atoms with Crippen LogP contribution in [-0.2, 0) is 10.0 Å². The summed E-state index contributed by atoms with van der Waals surface area (Å²) in [7, 11) is -3.50. The number of sulfonamides is 1. The van der Waals surface area contributed by atoms with Gasteiger partial charge in [0.15, 0.2) is 0 Å². The minimum Gasteiger partial charge on any atom is -0.398 e. The summed E-state index contributed by atoms with van der Waals surface area (Å²) in [5.41, 5.74) is 7.99. The van der Waals surface area contributed by atoms with E-state index in [1.807, 2.05) is 6.92 Å². The summed E-state index contributed by atoms with van der Waals surface area (Å²) >= 11 is 0. The van der Waals surface area contributed by atoms with Gasteiger partial charge in [-0.25, -0.2) is 13.1 Å². The van der Waals surface area contributed by atoms with Crippen molar-refractivity contribution in [1.29, 1.82) is 0 Å². The molecule has 1 aromatic rings. The van der Waals surface area contributed by atoms with Crippen molar-refractivity contribution in [2.24, 2.45) is 5.41 Å². The number of rotatable bonds is 4. The van der Waals surface area contributed by atoms with Gasteiger partial charge in [0.05, 0.1) is 4.90 Å². The molecular formula is C16H26N2O2S. The molecule has 5 heteroatoms. The third kappa shape index (κ3) is 3.77. The third-order valence-electron chi connectivity index (χ3n) is 4.58. The number of anilines is 1. The predicted molar refractivity (Wildman–Crippen MR) is 86.7 cm³/mol. The molecule has 0 saturated heterocycles. The van der Waals surface area contributed by atoms with Crippen LogP contribution in [0.4, 0.5) is 5.69 Å². The van der Waals surface area contributed by atoms with Crippen LogP contribution in [0.5, 0.6) is 0 Å². The minimum absolute atomic E-state index is 0.0780. The Morgan fingerprint density at radius 1 is 1.19 bits per heavy atom. The van der Waals surface area contributed by atoms with Crippen molar-refractivity contribution in [3.8, 4) is 0 Å². The second-order valence-electron chi connectivity index (χ2n) is 6.67. The Bertz CT molecular complexity index is 617. The van der Waals surface area contributed by atoms with E-state index in [2.05, 4.69) is 11.6 Å². The number of nitrogens with two attached hydrogens (primary N) is 1. The number of nitrogens with one attached hydrogen (secondary N) is 1. The van der Waals surface area contributed by atoms with E-state index in [-0.39, 0.29) is 5.41 Å². The number of nitrogen functional groups attached to an aromatic ring is 1. The van der Waals surface area contributed by atoms with Crippen molar-refractivity contribution in [2.75, 3.05) is 12.3 Å². The van der Waals surface area contributed by atoms with Gasteiger partial charge in [0.2, 0.25) is 10.0 Å². The molecule has 0 aromatic heterocycles. The van der Waals surface area contributed by atoms with Gasteiger partial charge >= 0.3 is 0 Å². The van der Waals surface area contributed by atoms with Crippen LogP contribution >= 0.6 is 0 Å². The molecular weight excluding hydrogens is 284 g/mol. The summed E-state index contributed by atoms with van der Waals surface area (Å²) in [6.45, 7) is 6.29. The zero-order chi connectivity index (χ0) is 15.7. The van der Waals surface area contributed by atoms with Crippen molar-refractivity contribution in [2.45, 2.75) is 57.8 Å². The lowest BCUT2D eigenvalue weighted by Crippen LogP contribution is -2.37. The van der Waals surface area contributed by atoms with Crippen molar-refractivity contribution in [1.82, 2.24) is 4.72 Å². The Balaban J connectivity index is 2.19. The van der Waals surface area contributed by atoms with E-state index in [9.17, 15) is 8.42 Å². The smallest absolute Gasteiger partial charge is 0.240 e. The molecule has 21 heavy (non-hydrogen) atoms. The highest BCUT2D eigenvalue weighted by Crippen LogP contribution is 2.35. The standard InChI is InChI=1S/C16H26N2O2S/c1-12-9-14(17)13(2)15(10-12)21(19,20)18-11-16(3)7-5-4-6-8-16/h9-10,18H,4-8,11,17H2,1-3H3. The molecule has 0 radical (unpaired) electrons. The molecule has 118 valence electrons. The van der Waals surface area contributed by atoms with Crippen LogP contribution in [0.3, 0.4) is 0 Å². The first-order valence-corrected chi connectivity index (χ1v) is 9.08. The second kappa shape index (κ2) is 5.97. The number of hydrogen-bond donors (Lipinski definition) is 2. The van der Waals surface area contributed by atoms with Crippen LogP contribution in [0.15, 0.2) is 17.0 Å². The Morgan fingerprint density at radius 3 is 2.43 bits per heavy atom. The lowest BCUT2D eigenvalue weighted by atomic mass is 9.76. The summed E-state index contributed by atoms with van der Waals surface area (Å²) in [6.07, 6.45) is 5.81. The molecule has 0 heterocycles. The van der Waals surface area contributed by atoms with Gasteiger partial charge in [0.25, 0.3) is 0 Å². The number of hydrogen-bond acceptors (Lipinski definition) is 3. The maximum atomic E-state index is 12.6. The molecule has 0 spiro atoms. The van der Waals surface area contributed by atoms with Gasteiger partial charge in [-0.15, -0.1) is 0 Å². The fraction of sp³-hybridized carbons (Fsp3) is 0.625. The average Bonchev–Trinajstić information content (AvgIpc) is 2.42. The fourth-order valence-electron chi connectivity index (χ4n) is 3.06. The van der Waals surface area contributed by atoms with Crippen molar-refractivity contribution < 1.29 is 8.42 Å². The van der Waals surface area contributed by atoms with Gasteiger partial charge in [-0.2, -0.15) is 0 Å². The maximum absolute atomic E-state index is 12.6. The fourth-order valence-corrected chi connectivity index (χ4v) is 4.62. The van der Waals surface area contributed by atoms with Crippen molar-refractivity contribution in [3.05, 3.63) is 23.3 Å². The SMILES string of the molecule is Cc1cc(N)c(C)c(S(=O)(=O)NCC2(C)CCCCC2)c1. The molecule has 0 unspecified atom stereocenters. The third-order valence-corrected chi connectivity index (χ3v) is 6.11. The first kappa shape index (κ1) is 16.3. The number of benzene rings is 1. The second-order valence-corrected chi connectivity index (χ2v) is 8.41. The first-order chi connectivity index (χ1) is 9.73. The molecule has 1 aliphatic carbocycles. The van der Waals surface area contributed by atoms with E-state index in [1.54, 1.807) is 19.1 Å². The lowest BCUT2D eigenvalue weighted by molar-refractivity contribution is 0.219. The zero-order valence-corrected chi connectivity index (χ0v) is 14.0. The minimum atomic E-state index is -3.50. The molecule has 1 fully saturated rings. The van der Waals surface area contributed by atoms with E-state index in [0.29, 0.717) is 22.7 Å². The molecule has 1 saturated carbocycles. The molecule has 1 aromatic carbocycles. The number of aryl methyl sites for hydroxylation is 1. The molecule has 0 amide bonds. The molecule has 4 nitrogen and oxygen atoms in total. The Morgan fingerprint density at radius 2 is 1.81 bits per heavy atom. The van der Waals surface area contributed by atoms with Crippen molar-refractivity contribution >= 4 is 15.7 Å². The van der Waals surface area contributed by atoms with Gasteiger partial charge in [-0.05, 0) is 55.4 Å². The zero-order valence-electron chi connectivity index (χ0n) is 13.2. The lowest BCUT2D eigenvalue weighted by Gasteiger charge is -2.33. The van der Waals surface area contributed by atoms with E-state index < -0.39 is 10.0 Å². The topological polar surface area (TPSA) is 72.2 Å². The maximum Gasteiger partial charge on any atom is 0.240 e. The summed E-state index contributed by atoms with van der Waals surface area (Å²) in [4.78, 5) is 0.305. The Hall–Kier alpha value is -1.07. The molecule has 0 bridgehead atoms. The monoisotopic (exact) mass is 310 g/mol. The predicted octanol–water partition coefficient (Wildman–Crippen LogP) is 3.13. The molecule has 2 rings (SSSR count). The molecule has 3 N–H and O–H groups in total. The Labute approximate surface area is 128 Å². The summed E-state index contributed by atoms with van der Waals surface area (Å²) in [6, 6.07) is 3.49. The first-order valence-electron chi connectivity index (χ1n) is 7.60. The quantitative estimate of drug-likeness (QED) is 0.839. The molecule has 0 aliphatic heterocycles. The summed E-state index contributed by atoms with van der Waals surface area (Å²) < 4.78 is 27.9. The van der Waals surface area contributed by atoms with Crippen LogP contribution in [0.25, 0.3) is 0 Å². The normalized spacial score (nSPS) is 18.6. The highest BCUT2D eigenvalue weighted by Gasteiger charge is 2.29. The van der Waals surface area contributed by atoms with Gasteiger partial charge in [-0.3, -0.25) is 0 Å². The van der Waals surface area contributed by atoms with Crippen LogP contribution in [0.2, 0.25) is 0 Å². The van der Waals surface area contributed by atoms with Gasteiger partial charge in [-0.1, -0.05) is 26.2 Å². The average molecular weight is 310 g/mol. The summed E-state index contributed by atoms with van der Waals surface area (Å²) in [5, 5.41) is 0. The van der Waals surface area contributed by atoms with E-state index in [1.165, 1.54) is 19.3 Å². The van der Waals surface area contributed by atoms with Gasteiger partial charge in [0.1, 0.15) is 0 Å². The highest BCUT2D eigenvalue weighted by molar-refractivity contribution is 7.89. The molecule has 0 atom stereocenters. The van der Waals surface area contributed by atoms with Crippen LogP contribution < -0.4 is 10.5 Å². The molecule has 1 aliphatic rings. The van der Waals surface area contributed by atoms with E-state index in [4.69, 9.17) is 5.73 Å². The largest absolute Gasteiger partial charge is 0.398 e. The van der Waals surface area contributed by atoms with Crippen LogP contribution in [0.1, 0.15) is 50.2 Å². The van der Waals surface area contributed by atoms with Gasteiger partial charge < -0.3 is 5.73 Å². The van der Waals surface area contributed by atoms with Crippen LogP contribution in [-0.4, -0.2) is 15.0 Å². The Kier molecular flexibility index (Phi) is 4.63. The van der Waals surface area contributed by atoms with Crippen LogP contribution in [0, 0.1) is 19.3 Å².